The summed E-state index contributed by atoms with van der Waals surface area (Å²) in [6.45, 7) is -0.501. The number of fused-ring (bicyclic) bond motifs is 1. The predicted octanol–water partition coefficient (Wildman–Crippen LogP) is 5.30. The first kappa shape index (κ1) is 25.8. The molecule has 0 unspecified atom stereocenters. The van der Waals surface area contributed by atoms with Gasteiger partial charge in [0.25, 0.3) is 5.91 Å². The van der Waals surface area contributed by atoms with E-state index in [1.807, 2.05) is 24.3 Å². The molecule has 36 heavy (non-hydrogen) atoms. The monoisotopic (exact) mass is 585 g/mol. The molecule has 0 radical (unpaired) electrons. The number of carbonyl (C=O) groups excluding carboxylic acids is 1. The first-order valence-corrected chi connectivity index (χ1v) is 13.4. The van der Waals surface area contributed by atoms with Gasteiger partial charge in [-0.1, -0.05) is 70.0 Å². The van der Waals surface area contributed by atoms with Gasteiger partial charge in [0.2, 0.25) is 10.0 Å². The second kappa shape index (κ2) is 11.2. The van der Waals surface area contributed by atoms with E-state index in [9.17, 15) is 18.3 Å². The number of amides is 1. The molecular formula is C26H21BrClN3O4S. The summed E-state index contributed by atoms with van der Waals surface area (Å²) in [6.07, 6.45) is 1.34. The summed E-state index contributed by atoms with van der Waals surface area (Å²) in [4.78, 5) is 12.8. The van der Waals surface area contributed by atoms with Crippen molar-refractivity contribution in [2.24, 2.45) is 5.10 Å². The minimum Gasteiger partial charge on any atom is -0.507 e. The van der Waals surface area contributed by atoms with E-state index in [1.165, 1.54) is 30.5 Å². The highest BCUT2D eigenvalue weighted by molar-refractivity contribution is 9.10. The van der Waals surface area contributed by atoms with Gasteiger partial charge < -0.3 is 5.11 Å². The van der Waals surface area contributed by atoms with E-state index in [-0.39, 0.29) is 17.2 Å². The van der Waals surface area contributed by atoms with E-state index in [1.54, 1.807) is 36.4 Å². The summed E-state index contributed by atoms with van der Waals surface area (Å²) >= 11 is 9.28. The van der Waals surface area contributed by atoms with Gasteiger partial charge in [0.05, 0.1) is 17.7 Å². The topological polar surface area (TPSA) is 99.1 Å². The molecule has 1 amide bonds. The average molecular weight is 587 g/mol. The van der Waals surface area contributed by atoms with Crippen molar-refractivity contribution in [1.29, 1.82) is 0 Å². The summed E-state index contributed by atoms with van der Waals surface area (Å²) < 4.78 is 28.6. The highest BCUT2D eigenvalue weighted by Gasteiger charge is 2.27. The fourth-order valence-electron chi connectivity index (χ4n) is 3.56. The Morgan fingerprint density at radius 3 is 2.42 bits per heavy atom. The van der Waals surface area contributed by atoms with Crippen LogP contribution >= 0.6 is 27.5 Å². The third-order valence-corrected chi connectivity index (χ3v) is 7.96. The molecule has 0 heterocycles. The molecule has 4 rings (SSSR count). The molecule has 0 spiro atoms. The molecule has 0 saturated carbocycles. The van der Waals surface area contributed by atoms with Crippen LogP contribution < -0.4 is 5.43 Å². The summed E-state index contributed by atoms with van der Waals surface area (Å²) in [6, 6.07) is 23.6. The van der Waals surface area contributed by atoms with Crippen LogP contribution in [0.4, 0.5) is 0 Å². The van der Waals surface area contributed by atoms with E-state index in [4.69, 9.17) is 11.6 Å². The molecule has 0 fully saturated rings. The number of phenolic OH excluding ortho intramolecular Hbond substituents is 1. The number of hydrazone groups is 1. The summed E-state index contributed by atoms with van der Waals surface area (Å²) in [5.74, 6) is -0.630. The predicted molar refractivity (Wildman–Crippen MR) is 145 cm³/mol. The maximum Gasteiger partial charge on any atom is 0.255 e. The van der Waals surface area contributed by atoms with Gasteiger partial charge in [-0.05, 0) is 58.8 Å². The molecule has 0 aliphatic heterocycles. The number of halogens is 2. The molecule has 4 aromatic rings. The Bertz CT molecular complexity index is 1530. The smallest absolute Gasteiger partial charge is 0.255 e. The summed E-state index contributed by atoms with van der Waals surface area (Å²) in [7, 11) is -4.02. The normalized spacial score (nSPS) is 11.9. The van der Waals surface area contributed by atoms with Crippen molar-refractivity contribution in [3.63, 3.8) is 0 Å². The second-order valence-electron chi connectivity index (χ2n) is 7.87. The molecule has 4 aromatic carbocycles. The lowest BCUT2D eigenvalue weighted by atomic mass is 10.0. The lowest BCUT2D eigenvalue weighted by molar-refractivity contribution is -0.121. The summed E-state index contributed by atoms with van der Waals surface area (Å²) in [5.41, 5.74) is 3.51. The van der Waals surface area contributed by atoms with E-state index in [2.05, 4.69) is 26.5 Å². The number of phenols is 1. The number of hydrogen-bond acceptors (Lipinski definition) is 5. The Hall–Kier alpha value is -3.24. The number of sulfonamides is 1. The fraction of sp³-hybridized carbons (Fsp3) is 0.0769. The van der Waals surface area contributed by atoms with E-state index < -0.39 is 22.5 Å². The van der Waals surface area contributed by atoms with Crippen LogP contribution in [0.25, 0.3) is 10.8 Å². The van der Waals surface area contributed by atoms with Gasteiger partial charge in [-0.2, -0.15) is 9.41 Å². The maximum absolute atomic E-state index is 13.4. The Morgan fingerprint density at radius 2 is 1.69 bits per heavy atom. The van der Waals surface area contributed by atoms with E-state index in [0.717, 1.165) is 19.6 Å². The lowest BCUT2D eigenvalue weighted by Gasteiger charge is -2.21. The van der Waals surface area contributed by atoms with Crippen LogP contribution in [0.1, 0.15) is 11.1 Å². The van der Waals surface area contributed by atoms with Crippen LogP contribution in [0.15, 0.2) is 99.4 Å². The zero-order valence-corrected chi connectivity index (χ0v) is 22.0. The van der Waals surface area contributed by atoms with Gasteiger partial charge in [0.1, 0.15) is 5.75 Å². The van der Waals surface area contributed by atoms with Crippen molar-refractivity contribution >= 4 is 60.4 Å². The highest BCUT2D eigenvalue weighted by atomic mass is 79.9. The highest BCUT2D eigenvalue weighted by Crippen LogP contribution is 2.25. The number of benzene rings is 4. The first-order chi connectivity index (χ1) is 17.2. The fourth-order valence-corrected chi connectivity index (χ4v) is 5.33. The van der Waals surface area contributed by atoms with Crippen molar-refractivity contribution < 1.29 is 18.3 Å². The molecule has 0 aromatic heterocycles. The molecular weight excluding hydrogens is 566 g/mol. The lowest BCUT2D eigenvalue weighted by Crippen LogP contribution is -2.39. The van der Waals surface area contributed by atoms with E-state index in [0.29, 0.717) is 16.1 Å². The quantitative estimate of drug-likeness (QED) is 0.216. The van der Waals surface area contributed by atoms with Crippen LogP contribution in [0.2, 0.25) is 5.02 Å². The van der Waals surface area contributed by atoms with Crippen molar-refractivity contribution in [2.75, 3.05) is 6.54 Å². The van der Waals surface area contributed by atoms with Gasteiger partial charge >= 0.3 is 0 Å². The van der Waals surface area contributed by atoms with Crippen LogP contribution in [0, 0.1) is 0 Å². The number of carbonyl (C=O) groups is 1. The molecule has 184 valence electrons. The van der Waals surface area contributed by atoms with Gasteiger partial charge in [0, 0.05) is 21.6 Å². The number of rotatable bonds is 8. The zero-order valence-electron chi connectivity index (χ0n) is 18.8. The third-order valence-electron chi connectivity index (χ3n) is 5.37. The number of nitrogens with zero attached hydrogens (tertiary/aromatic N) is 2. The summed E-state index contributed by atoms with van der Waals surface area (Å²) in [5, 5.41) is 16.3. The maximum atomic E-state index is 13.4. The Balaban J connectivity index is 1.55. The Morgan fingerprint density at radius 1 is 1.00 bits per heavy atom. The number of aromatic hydroxyl groups is 1. The molecule has 0 aliphatic rings. The molecule has 10 heteroatoms. The van der Waals surface area contributed by atoms with Crippen molar-refractivity contribution in [2.45, 2.75) is 11.4 Å². The van der Waals surface area contributed by atoms with Crippen LogP contribution in [-0.2, 0) is 21.4 Å². The molecule has 0 bridgehead atoms. The molecule has 0 saturated heterocycles. The van der Waals surface area contributed by atoms with Gasteiger partial charge in [-0.15, -0.1) is 0 Å². The van der Waals surface area contributed by atoms with Crippen molar-refractivity contribution in [3.05, 3.63) is 106 Å². The Labute approximate surface area is 222 Å². The van der Waals surface area contributed by atoms with E-state index >= 15 is 0 Å². The minimum absolute atomic E-state index is 0.00822. The largest absolute Gasteiger partial charge is 0.507 e. The van der Waals surface area contributed by atoms with Gasteiger partial charge in [-0.25, -0.2) is 13.8 Å². The molecule has 7 nitrogen and oxygen atoms in total. The number of hydrogen-bond donors (Lipinski definition) is 2. The molecule has 0 atom stereocenters. The number of nitrogens with one attached hydrogen (secondary N) is 1. The van der Waals surface area contributed by atoms with Crippen molar-refractivity contribution in [1.82, 2.24) is 9.73 Å². The van der Waals surface area contributed by atoms with Crippen LogP contribution in [-0.4, -0.2) is 36.5 Å². The minimum atomic E-state index is -4.02. The van der Waals surface area contributed by atoms with Gasteiger partial charge in [-0.3, -0.25) is 4.79 Å². The zero-order chi connectivity index (χ0) is 25.7. The van der Waals surface area contributed by atoms with Gasteiger partial charge in [0.15, 0.2) is 0 Å². The standard InChI is InChI=1S/C26H21BrClN3O4S/c27-20-8-5-18(6-9-20)16-31(36(34,35)22-12-10-21(28)11-13-22)17-26(33)30-29-15-24-23-4-2-1-3-19(23)7-14-25(24)32/h1-15,32H,16-17H2,(H,30,33)/b29-15-. The average Bonchev–Trinajstić information content (AvgIpc) is 2.86. The second-order valence-corrected chi connectivity index (χ2v) is 11.2. The third kappa shape index (κ3) is 6.11. The molecule has 2 N–H and O–H groups in total. The molecule has 0 aliphatic carbocycles. The SMILES string of the molecule is O=C(CN(Cc1ccc(Br)cc1)S(=O)(=O)c1ccc(Cl)cc1)N/N=C\c1c(O)ccc2ccccc12. The van der Waals surface area contributed by atoms with Crippen LogP contribution in [0.3, 0.4) is 0 Å². The Kier molecular flexibility index (Phi) is 8.05. The van der Waals surface area contributed by atoms with Crippen LogP contribution in [0.5, 0.6) is 5.75 Å². The first-order valence-electron chi connectivity index (χ1n) is 10.8. The van der Waals surface area contributed by atoms with Crippen molar-refractivity contribution in [3.8, 4) is 5.75 Å².